The quantitative estimate of drug-likeness (QED) is 0.785. The Bertz CT molecular complexity index is 404. The number of methoxy groups -OCH3 is 1. The molecular formula is C9H9F3N2O2. The number of pyridine rings is 1. The third kappa shape index (κ3) is 2.85. The number of esters is 1. The highest BCUT2D eigenvalue weighted by molar-refractivity contribution is 5.74. The number of hydrogen-bond donors (Lipinski definition) is 1. The number of rotatable bonds is 2. The van der Waals surface area contributed by atoms with Crippen molar-refractivity contribution >= 4 is 11.7 Å². The molecule has 7 heteroatoms. The predicted molar refractivity (Wildman–Crippen MR) is 49.4 cm³/mol. The molecule has 1 aromatic heterocycles. The van der Waals surface area contributed by atoms with E-state index in [0.717, 1.165) is 6.20 Å². The van der Waals surface area contributed by atoms with Crippen molar-refractivity contribution in [2.45, 2.75) is 12.6 Å². The molecule has 4 nitrogen and oxygen atoms in total. The average molecular weight is 234 g/mol. The minimum atomic E-state index is -4.54. The van der Waals surface area contributed by atoms with Crippen LogP contribution in [0.3, 0.4) is 0 Å². The highest BCUT2D eigenvalue weighted by atomic mass is 19.4. The molecule has 0 radical (unpaired) electrons. The van der Waals surface area contributed by atoms with E-state index in [2.05, 4.69) is 9.72 Å². The zero-order valence-electron chi connectivity index (χ0n) is 8.34. The van der Waals surface area contributed by atoms with Gasteiger partial charge in [-0.05, 0) is 6.07 Å². The SMILES string of the molecule is COC(=O)Cc1cnc(C(F)(F)F)cc1N. The number of nitrogen functional groups attached to an aromatic ring is 1. The van der Waals surface area contributed by atoms with Gasteiger partial charge in [-0.1, -0.05) is 0 Å². The van der Waals surface area contributed by atoms with Crippen molar-refractivity contribution in [3.8, 4) is 0 Å². The lowest BCUT2D eigenvalue weighted by molar-refractivity contribution is -0.141. The summed E-state index contributed by atoms with van der Waals surface area (Å²) in [5.74, 6) is -0.590. The summed E-state index contributed by atoms with van der Waals surface area (Å²) in [6.45, 7) is 0. The van der Waals surface area contributed by atoms with Gasteiger partial charge in [0.2, 0.25) is 0 Å². The van der Waals surface area contributed by atoms with Crippen LogP contribution in [0.4, 0.5) is 18.9 Å². The molecule has 0 saturated heterocycles. The van der Waals surface area contributed by atoms with Gasteiger partial charge in [0.15, 0.2) is 0 Å². The van der Waals surface area contributed by atoms with E-state index in [9.17, 15) is 18.0 Å². The van der Waals surface area contributed by atoms with Gasteiger partial charge in [-0.3, -0.25) is 9.78 Å². The molecule has 0 saturated carbocycles. The Balaban J connectivity index is 2.96. The first-order chi connectivity index (χ1) is 7.34. The highest BCUT2D eigenvalue weighted by Crippen LogP contribution is 2.29. The van der Waals surface area contributed by atoms with E-state index < -0.39 is 17.8 Å². The monoisotopic (exact) mass is 234 g/mol. The Morgan fingerprint density at radius 2 is 2.19 bits per heavy atom. The van der Waals surface area contributed by atoms with Gasteiger partial charge in [0.1, 0.15) is 5.69 Å². The maximum atomic E-state index is 12.2. The summed E-state index contributed by atoms with van der Waals surface area (Å²) in [6.07, 6.45) is -3.82. The van der Waals surface area contributed by atoms with Gasteiger partial charge in [0.25, 0.3) is 0 Å². The number of nitrogens with two attached hydrogens (primary N) is 1. The molecule has 1 rings (SSSR count). The van der Waals surface area contributed by atoms with Crippen molar-refractivity contribution in [3.63, 3.8) is 0 Å². The van der Waals surface area contributed by atoms with Crippen molar-refractivity contribution in [2.24, 2.45) is 0 Å². The lowest BCUT2D eigenvalue weighted by Gasteiger charge is -2.09. The molecule has 0 spiro atoms. The van der Waals surface area contributed by atoms with E-state index in [0.29, 0.717) is 6.07 Å². The second-order valence-electron chi connectivity index (χ2n) is 3.02. The van der Waals surface area contributed by atoms with Crippen LogP contribution in [0.5, 0.6) is 0 Å². The number of ether oxygens (including phenoxy) is 1. The summed E-state index contributed by atoms with van der Waals surface area (Å²) in [5.41, 5.74) is 4.37. The number of hydrogen-bond acceptors (Lipinski definition) is 4. The topological polar surface area (TPSA) is 65.2 Å². The molecule has 2 N–H and O–H groups in total. The number of aromatic nitrogens is 1. The summed E-state index contributed by atoms with van der Waals surface area (Å²) in [4.78, 5) is 14.1. The minimum absolute atomic E-state index is 0.132. The molecule has 88 valence electrons. The first-order valence-electron chi connectivity index (χ1n) is 4.23. The van der Waals surface area contributed by atoms with Crippen molar-refractivity contribution in [3.05, 3.63) is 23.5 Å². The molecule has 0 aliphatic heterocycles. The number of anilines is 1. The molecule has 1 aromatic rings. The summed E-state index contributed by atoms with van der Waals surface area (Å²) in [7, 11) is 1.18. The molecule has 0 unspecified atom stereocenters. The Kier molecular flexibility index (Phi) is 3.36. The fourth-order valence-electron chi connectivity index (χ4n) is 1.03. The molecular weight excluding hydrogens is 225 g/mol. The largest absolute Gasteiger partial charge is 0.469 e. The lowest BCUT2D eigenvalue weighted by atomic mass is 10.1. The first kappa shape index (κ1) is 12.3. The molecule has 0 aliphatic carbocycles. The fraction of sp³-hybridized carbons (Fsp3) is 0.333. The Morgan fingerprint density at radius 1 is 1.56 bits per heavy atom. The van der Waals surface area contributed by atoms with Crippen LogP contribution < -0.4 is 5.73 Å². The van der Waals surface area contributed by atoms with Crippen LogP contribution in [0, 0.1) is 0 Å². The molecule has 0 fully saturated rings. The number of carbonyl (C=O) groups excluding carboxylic acids is 1. The third-order valence-electron chi connectivity index (χ3n) is 1.88. The molecule has 0 bridgehead atoms. The smallest absolute Gasteiger partial charge is 0.433 e. The molecule has 0 atom stereocenters. The molecule has 0 aromatic carbocycles. The molecule has 1 heterocycles. The summed E-state index contributed by atoms with van der Waals surface area (Å²) in [6, 6.07) is 0.693. The van der Waals surface area contributed by atoms with Gasteiger partial charge in [-0.2, -0.15) is 13.2 Å². The Hall–Kier alpha value is -1.79. The van der Waals surface area contributed by atoms with E-state index in [1.54, 1.807) is 0 Å². The van der Waals surface area contributed by atoms with Crippen LogP contribution >= 0.6 is 0 Å². The number of halogens is 3. The van der Waals surface area contributed by atoms with Gasteiger partial charge in [-0.25, -0.2) is 0 Å². The standard InChI is InChI=1S/C9H9F3N2O2/c1-16-8(15)2-5-4-14-7(3-6(5)13)9(10,11)12/h3-4H,2H2,1H3,(H2,13,14). The average Bonchev–Trinajstić information content (AvgIpc) is 2.19. The van der Waals surface area contributed by atoms with Gasteiger partial charge in [0.05, 0.1) is 13.5 Å². The van der Waals surface area contributed by atoms with Crippen LogP contribution in [-0.4, -0.2) is 18.1 Å². The lowest BCUT2D eigenvalue weighted by Crippen LogP contribution is -2.12. The second-order valence-corrected chi connectivity index (χ2v) is 3.02. The maximum Gasteiger partial charge on any atom is 0.433 e. The van der Waals surface area contributed by atoms with E-state index in [4.69, 9.17) is 5.73 Å². The minimum Gasteiger partial charge on any atom is -0.469 e. The van der Waals surface area contributed by atoms with E-state index >= 15 is 0 Å². The van der Waals surface area contributed by atoms with Crippen molar-refractivity contribution in [2.75, 3.05) is 12.8 Å². The predicted octanol–water partition coefficient (Wildman–Crippen LogP) is 1.40. The van der Waals surface area contributed by atoms with Crippen LogP contribution in [-0.2, 0) is 22.1 Å². The Morgan fingerprint density at radius 3 is 2.62 bits per heavy atom. The van der Waals surface area contributed by atoms with Crippen LogP contribution in [0.15, 0.2) is 12.3 Å². The van der Waals surface area contributed by atoms with E-state index in [-0.39, 0.29) is 17.7 Å². The van der Waals surface area contributed by atoms with Gasteiger partial charge >= 0.3 is 12.1 Å². The van der Waals surface area contributed by atoms with Crippen LogP contribution in [0.2, 0.25) is 0 Å². The van der Waals surface area contributed by atoms with Crippen molar-refractivity contribution < 1.29 is 22.7 Å². The zero-order chi connectivity index (χ0) is 12.3. The van der Waals surface area contributed by atoms with Crippen molar-refractivity contribution in [1.29, 1.82) is 0 Å². The zero-order valence-corrected chi connectivity index (χ0v) is 8.34. The highest BCUT2D eigenvalue weighted by Gasteiger charge is 2.32. The molecule has 0 aliphatic rings. The number of alkyl halides is 3. The normalized spacial score (nSPS) is 11.2. The van der Waals surface area contributed by atoms with E-state index in [1.807, 2.05) is 0 Å². The second kappa shape index (κ2) is 4.38. The van der Waals surface area contributed by atoms with E-state index in [1.165, 1.54) is 7.11 Å². The maximum absolute atomic E-state index is 12.2. The Labute approximate surface area is 89.2 Å². The summed E-state index contributed by atoms with van der Waals surface area (Å²) < 4.78 is 41.0. The molecule has 16 heavy (non-hydrogen) atoms. The number of carbonyl (C=O) groups is 1. The molecule has 0 amide bonds. The van der Waals surface area contributed by atoms with Crippen molar-refractivity contribution in [1.82, 2.24) is 4.98 Å². The first-order valence-corrected chi connectivity index (χ1v) is 4.23. The van der Waals surface area contributed by atoms with Crippen LogP contribution in [0.25, 0.3) is 0 Å². The van der Waals surface area contributed by atoms with Gasteiger partial charge in [0, 0.05) is 17.4 Å². The summed E-state index contributed by atoms with van der Waals surface area (Å²) in [5, 5.41) is 0. The third-order valence-corrected chi connectivity index (χ3v) is 1.88. The number of nitrogens with zero attached hydrogens (tertiary/aromatic N) is 1. The fourth-order valence-corrected chi connectivity index (χ4v) is 1.03. The summed E-state index contributed by atoms with van der Waals surface area (Å²) >= 11 is 0. The van der Waals surface area contributed by atoms with Gasteiger partial charge < -0.3 is 10.5 Å². The van der Waals surface area contributed by atoms with Crippen LogP contribution in [0.1, 0.15) is 11.3 Å². The van der Waals surface area contributed by atoms with Gasteiger partial charge in [-0.15, -0.1) is 0 Å².